The van der Waals surface area contributed by atoms with Gasteiger partial charge < -0.3 is 35.4 Å². The molecule has 0 saturated carbocycles. The number of aromatic carboxylic acids is 2. The van der Waals surface area contributed by atoms with E-state index in [0.29, 0.717) is 11.1 Å². The highest BCUT2D eigenvalue weighted by Gasteiger charge is 2.38. The van der Waals surface area contributed by atoms with Crippen LogP contribution in [0.4, 0.5) is 0 Å². The summed E-state index contributed by atoms with van der Waals surface area (Å²) in [4.78, 5) is 30.9. The Labute approximate surface area is 170 Å². The van der Waals surface area contributed by atoms with E-state index >= 15 is 0 Å². The highest BCUT2D eigenvalue weighted by molar-refractivity contribution is 5.89. The van der Waals surface area contributed by atoms with Crippen molar-refractivity contribution in [2.45, 2.75) is 12.2 Å². The van der Waals surface area contributed by atoms with Crippen molar-refractivity contribution >= 4 is 17.9 Å². The molecule has 1 aliphatic heterocycles. The normalized spacial score (nSPS) is 15.7. The molecule has 10 heteroatoms. The van der Waals surface area contributed by atoms with Gasteiger partial charge in [0.15, 0.2) is 11.9 Å². The Balaban J connectivity index is 0.000000229. The van der Waals surface area contributed by atoms with Crippen LogP contribution in [0, 0.1) is 0 Å². The smallest absolute Gasteiger partial charge is 0.377 e. The number of carbonyl (C=O) groups excluding carboxylic acids is 1. The fourth-order valence-corrected chi connectivity index (χ4v) is 1.98. The van der Waals surface area contributed by atoms with Crippen molar-refractivity contribution in [3.8, 4) is 0 Å². The van der Waals surface area contributed by atoms with Gasteiger partial charge in [-0.25, -0.2) is 14.4 Å². The van der Waals surface area contributed by atoms with E-state index in [9.17, 15) is 14.4 Å². The van der Waals surface area contributed by atoms with Gasteiger partial charge in [-0.1, -0.05) is 36.4 Å². The van der Waals surface area contributed by atoms with E-state index in [-0.39, 0.29) is 0 Å². The topological polar surface area (TPSA) is 182 Å². The average Bonchev–Trinajstić information content (AvgIpc) is 3.02. The monoisotopic (exact) mass is 420 g/mol. The van der Waals surface area contributed by atoms with E-state index in [0.717, 1.165) is 0 Å². The molecule has 2 aromatic rings. The minimum absolute atomic E-state index is 0.331. The van der Waals surface area contributed by atoms with Gasteiger partial charge in [0.05, 0.1) is 17.7 Å². The van der Waals surface area contributed by atoms with Crippen LogP contribution in [0.25, 0.3) is 0 Å². The summed E-state index contributed by atoms with van der Waals surface area (Å²) >= 11 is 0. The molecule has 0 aromatic heterocycles. The van der Waals surface area contributed by atoms with Crippen LogP contribution in [0.5, 0.6) is 0 Å². The number of ether oxygens (including phenoxy) is 1. The summed E-state index contributed by atoms with van der Waals surface area (Å²) in [6.07, 6.45) is -2.78. The number of carbonyl (C=O) groups is 3. The van der Waals surface area contributed by atoms with Crippen LogP contribution in [0.15, 0.2) is 72.2 Å². The van der Waals surface area contributed by atoms with Crippen molar-refractivity contribution in [2.75, 3.05) is 6.61 Å². The molecule has 2 atom stereocenters. The van der Waals surface area contributed by atoms with Gasteiger partial charge >= 0.3 is 17.9 Å². The molecule has 1 aliphatic rings. The summed E-state index contributed by atoms with van der Waals surface area (Å²) in [5.74, 6) is -4.54. The minimum Gasteiger partial charge on any atom is -0.505 e. The number of aliphatic hydroxyl groups excluding tert-OH is 4. The molecule has 1 heterocycles. The van der Waals surface area contributed by atoms with Crippen LogP contribution in [0.1, 0.15) is 20.7 Å². The van der Waals surface area contributed by atoms with Gasteiger partial charge in [-0.2, -0.15) is 0 Å². The SMILES string of the molecule is O=C(O)c1ccccc1.O=C(O)c1ccccc1.O=C1O[C@H]([C@@H](O)CO)C(O)=C1O. The second-order valence-corrected chi connectivity index (χ2v) is 5.65. The predicted octanol–water partition coefficient (Wildman–Crippen LogP) is 1.36. The Kier molecular flexibility index (Phi) is 9.53. The first-order chi connectivity index (χ1) is 14.2. The number of rotatable bonds is 4. The Morgan fingerprint density at radius 3 is 1.50 bits per heavy atom. The number of benzene rings is 2. The molecule has 6 N–H and O–H groups in total. The molecule has 0 bridgehead atoms. The molecule has 0 spiro atoms. The molecule has 0 amide bonds. The summed E-state index contributed by atoms with van der Waals surface area (Å²) in [6, 6.07) is 16.6. The third-order valence-corrected chi connectivity index (χ3v) is 3.52. The number of aliphatic hydroxyl groups is 4. The Morgan fingerprint density at radius 1 is 0.867 bits per heavy atom. The zero-order valence-electron chi connectivity index (χ0n) is 15.5. The van der Waals surface area contributed by atoms with E-state index < -0.39 is 48.2 Å². The number of esters is 1. The maximum atomic E-state index is 10.5. The van der Waals surface area contributed by atoms with Crippen molar-refractivity contribution in [3.05, 3.63) is 83.3 Å². The van der Waals surface area contributed by atoms with Crippen LogP contribution in [0.2, 0.25) is 0 Å². The van der Waals surface area contributed by atoms with Crippen LogP contribution in [-0.4, -0.2) is 67.4 Å². The van der Waals surface area contributed by atoms with Crippen molar-refractivity contribution in [1.29, 1.82) is 0 Å². The molecule has 0 saturated heterocycles. The van der Waals surface area contributed by atoms with Crippen molar-refractivity contribution in [1.82, 2.24) is 0 Å². The lowest BCUT2D eigenvalue weighted by Gasteiger charge is -2.13. The van der Waals surface area contributed by atoms with E-state index in [2.05, 4.69) is 4.74 Å². The minimum atomic E-state index is -1.42. The van der Waals surface area contributed by atoms with E-state index in [1.807, 2.05) is 0 Å². The second-order valence-electron chi connectivity index (χ2n) is 5.65. The maximum Gasteiger partial charge on any atom is 0.377 e. The highest BCUT2D eigenvalue weighted by Crippen LogP contribution is 2.20. The van der Waals surface area contributed by atoms with Crippen LogP contribution in [0.3, 0.4) is 0 Å². The Bertz CT molecular complexity index is 827. The first kappa shape index (κ1) is 24.1. The summed E-state index contributed by atoms with van der Waals surface area (Å²) in [5.41, 5.74) is 0.662. The van der Waals surface area contributed by atoms with Gasteiger partial charge in [-0.3, -0.25) is 0 Å². The number of hydrogen-bond acceptors (Lipinski definition) is 8. The van der Waals surface area contributed by atoms with Gasteiger partial charge in [0.1, 0.15) is 6.10 Å². The number of carboxylic acid groups (broad SMARTS) is 2. The molecule has 10 nitrogen and oxygen atoms in total. The van der Waals surface area contributed by atoms with Gasteiger partial charge in [0.25, 0.3) is 0 Å². The average molecular weight is 420 g/mol. The lowest BCUT2D eigenvalue weighted by atomic mass is 10.2. The lowest BCUT2D eigenvalue weighted by molar-refractivity contribution is -0.147. The highest BCUT2D eigenvalue weighted by atomic mass is 16.6. The molecule has 30 heavy (non-hydrogen) atoms. The largest absolute Gasteiger partial charge is 0.505 e. The second kappa shape index (κ2) is 11.8. The summed E-state index contributed by atoms with van der Waals surface area (Å²) in [7, 11) is 0. The third kappa shape index (κ3) is 7.26. The molecule has 0 unspecified atom stereocenters. The Morgan fingerprint density at radius 2 is 1.27 bits per heavy atom. The van der Waals surface area contributed by atoms with Crippen molar-refractivity contribution < 1.29 is 49.8 Å². The maximum absolute atomic E-state index is 10.5. The number of carboxylic acids is 2. The first-order valence-electron chi connectivity index (χ1n) is 8.37. The predicted molar refractivity (Wildman–Crippen MR) is 102 cm³/mol. The zero-order valence-corrected chi connectivity index (χ0v) is 15.5. The van der Waals surface area contributed by atoms with Gasteiger partial charge in [0.2, 0.25) is 5.76 Å². The van der Waals surface area contributed by atoms with Crippen molar-refractivity contribution in [3.63, 3.8) is 0 Å². The molecule has 0 radical (unpaired) electrons. The van der Waals surface area contributed by atoms with Crippen LogP contribution < -0.4 is 0 Å². The van der Waals surface area contributed by atoms with E-state index in [4.69, 9.17) is 30.6 Å². The summed E-state index contributed by atoms with van der Waals surface area (Å²) in [6.45, 7) is -0.671. The quantitative estimate of drug-likeness (QED) is 0.395. The number of cyclic esters (lactones) is 1. The Hall–Kier alpha value is -3.89. The van der Waals surface area contributed by atoms with E-state index in [1.54, 1.807) is 60.7 Å². The van der Waals surface area contributed by atoms with Crippen LogP contribution >= 0.6 is 0 Å². The molecule has 0 aliphatic carbocycles. The standard InChI is InChI=1S/2C7H6O2.C6H8O6/c2*8-7(9)6-4-2-1-3-5-6;7-1-2(8)5-3(9)4(10)6(11)12-5/h2*1-5H,(H,8,9);2,5,7-10H,1H2/t;;2-,5+/m..0/s1. The summed E-state index contributed by atoms with van der Waals surface area (Å²) in [5, 5.41) is 51.8. The van der Waals surface area contributed by atoms with Gasteiger partial charge in [-0.15, -0.1) is 0 Å². The molecule has 3 rings (SSSR count). The lowest BCUT2D eigenvalue weighted by Crippen LogP contribution is -2.31. The van der Waals surface area contributed by atoms with Crippen molar-refractivity contribution in [2.24, 2.45) is 0 Å². The molecule has 160 valence electrons. The molecule has 0 fully saturated rings. The van der Waals surface area contributed by atoms with Gasteiger partial charge in [0, 0.05) is 0 Å². The van der Waals surface area contributed by atoms with Gasteiger partial charge in [-0.05, 0) is 24.3 Å². The van der Waals surface area contributed by atoms with E-state index in [1.165, 1.54) is 0 Å². The first-order valence-corrected chi connectivity index (χ1v) is 8.37. The third-order valence-electron chi connectivity index (χ3n) is 3.52. The molecular formula is C20H20O10. The molecule has 2 aromatic carbocycles. The number of hydrogen-bond donors (Lipinski definition) is 6. The molecular weight excluding hydrogens is 400 g/mol. The fourth-order valence-electron chi connectivity index (χ4n) is 1.98. The zero-order chi connectivity index (χ0) is 22.7. The fraction of sp³-hybridized carbons (Fsp3) is 0.150. The van der Waals surface area contributed by atoms with Crippen LogP contribution in [-0.2, 0) is 9.53 Å². The summed E-state index contributed by atoms with van der Waals surface area (Å²) < 4.78 is 4.32.